The molecule has 0 heterocycles. The molecular formula is C15H14O6. The third-order valence-corrected chi connectivity index (χ3v) is 2.82. The van der Waals surface area contributed by atoms with Crippen molar-refractivity contribution in [1.82, 2.24) is 0 Å². The van der Waals surface area contributed by atoms with Crippen molar-refractivity contribution in [2.24, 2.45) is 0 Å². The standard InChI is InChI=1S/C15H14O6/c1-11(17)15(9-10-16,12-5-3-2-4-6-12)21-14(20)8-7-13(18)19/h2-8,10H,9H2,1H3,(H,18,19). The Balaban J connectivity index is 3.19. The van der Waals surface area contributed by atoms with Gasteiger partial charge >= 0.3 is 11.9 Å². The second-order valence-corrected chi connectivity index (χ2v) is 4.21. The minimum Gasteiger partial charge on any atom is -0.478 e. The lowest BCUT2D eigenvalue weighted by Crippen LogP contribution is -2.39. The molecule has 0 radical (unpaired) electrons. The minimum atomic E-state index is -1.75. The number of hydrogen-bond acceptors (Lipinski definition) is 5. The van der Waals surface area contributed by atoms with Gasteiger partial charge in [0.15, 0.2) is 5.78 Å². The average molecular weight is 290 g/mol. The average Bonchev–Trinajstić information content (AvgIpc) is 2.45. The SMILES string of the molecule is CC(=O)C(CC=O)(OC(=O)C=CC(=O)O)c1ccccc1. The Bertz CT molecular complexity index is 575. The van der Waals surface area contributed by atoms with Crippen LogP contribution in [0.1, 0.15) is 18.9 Å². The number of carboxylic acids is 1. The second-order valence-electron chi connectivity index (χ2n) is 4.21. The number of benzene rings is 1. The van der Waals surface area contributed by atoms with Crippen LogP contribution in [-0.4, -0.2) is 29.1 Å². The first-order chi connectivity index (χ1) is 9.92. The zero-order chi connectivity index (χ0) is 15.9. The molecule has 21 heavy (non-hydrogen) atoms. The second kappa shape index (κ2) is 7.14. The van der Waals surface area contributed by atoms with Crippen LogP contribution in [0.3, 0.4) is 0 Å². The minimum absolute atomic E-state index is 0.348. The first kappa shape index (κ1) is 16.3. The van der Waals surface area contributed by atoms with Crippen LogP contribution in [0.25, 0.3) is 0 Å². The summed E-state index contributed by atoms with van der Waals surface area (Å²) in [6.45, 7) is 1.20. The molecule has 1 atom stereocenters. The fourth-order valence-electron chi connectivity index (χ4n) is 1.81. The van der Waals surface area contributed by atoms with E-state index in [2.05, 4.69) is 0 Å². The zero-order valence-electron chi connectivity index (χ0n) is 11.3. The van der Waals surface area contributed by atoms with E-state index in [0.717, 1.165) is 0 Å². The molecule has 110 valence electrons. The van der Waals surface area contributed by atoms with E-state index in [9.17, 15) is 19.2 Å². The molecule has 0 fully saturated rings. The number of aliphatic carboxylic acids is 1. The lowest BCUT2D eigenvalue weighted by molar-refractivity contribution is -0.165. The Morgan fingerprint density at radius 2 is 1.81 bits per heavy atom. The van der Waals surface area contributed by atoms with Gasteiger partial charge in [-0.1, -0.05) is 30.3 Å². The highest BCUT2D eigenvalue weighted by Gasteiger charge is 2.40. The monoisotopic (exact) mass is 290 g/mol. The molecule has 6 heteroatoms. The molecule has 1 rings (SSSR count). The smallest absolute Gasteiger partial charge is 0.332 e. The number of ketones is 1. The maximum atomic E-state index is 12.0. The molecule has 0 saturated heterocycles. The molecule has 1 unspecified atom stereocenters. The number of rotatable bonds is 7. The van der Waals surface area contributed by atoms with E-state index in [1.54, 1.807) is 30.3 Å². The summed E-state index contributed by atoms with van der Waals surface area (Å²) in [5.74, 6) is -2.87. The molecule has 1 N–H and O–H groups in total. The maximum absolute atomic E-state index is 12.0. The summed E-state index contributed by atoms with van der Waals surface area (Å²) in [6, 6.07) is 8.09. The molecule has 0 aliphatic carbocycles. The van der Waals surface area contributed by atoms with E-state index in [0.29, 0.717) is 24.0 Å². The number of carbonyl (C=O) groups excluding carboxylic acids is 3. The summed E-state index contributed by atoms with van der Waals surface area (Å²) in [6.07, 6.45) is 1.41. The Morgan fingerprint density at radius 1 is 1.19 bits per heavy atom. The van der Waals surface area contributed by atoms with E-state index in [-0.39, 0.29) is 6.42 Å². The highest BCUT2D eigenvalue weighted by atomic mass is 16.6. The topological polar surface area (TPSA) is 97.7 Å². The Labute approximate surface area is 121 Å². The maximum Gasteiger partial charge on any atom is 0.332 e. The lowest BCUT2D eigenvalue weighted by atomic mass is 9.87. The summed E-state index contributed by atoms with van der Waals surface area (Å²) in [5.41, 5.74) is -1.40. The number of ether oxygens (including phenoxy) is 1. The normalized spacial score (nSPS) is 13.4. The summed E-state index contributed by atoms with van der Waals surface area (Å²) < 4.78 is 5.11. The molecule has 1 aromatic carbocycles. The molecule has 1 aromatic rings. The van der Waals surface area contributed by atoms with E-state index < -0.39 is 23.3 Å². The van der Waals surface area contributed by atoms with Gasteiger partial charge < -0.3 is 14.6 Å². The van der Waals surface area contributed by atoms with Gasteiger partial charge in [-0.3, -0.25) is 4.79 Å². The Hall–Kier alpha value is -2.76. The molecule has 0 aromatic heterocycles. The molecule has 0 aliphatic rings. The summed E-state index contributed by atoms with van der Waals surface area (Å²) in [4.78, 5) is 44.9. The first-order valence-corrected chi connectivity index (χ1v) is 6.06. The number of esters is 1. The van der Waals surface area contributed by atoms with Gasteiger partial charge in [0, 0.05) is 17.7 Å². The van der Waals surface area contributed by atoms with Crippen molar-refractivity contribution in [3.05, 3.63) is 48.0 Å². The molecule has 0 bridgehead atoms. The first-order valence-electron chi connectivity index (χ1n) is 6.06. The van der Waals surface area contributed by atoms with Crippen molar-refractivity contribution < 1.29 is 29.0 Å². The van der Waals surface area contributed by atoms with Crippen LogP contribution in [0.15, 0.2) is 42.5 Å². The highest BCUT2D eigenvalue weighted by molar-refractivity contribution is 5.95. The predicted molar refractivity (Wildman–Crippen MR) is 72.3 cm³/mol. The van der Waals surface area contributed by atoms with E-state index >= 15 is 0 Å². The number of carboxylic acid groups (broad SMARTS) is 1. The number of Topliss-reactive ketones (excluding diaryl/α,β-unsaturated/α-hetero) is 1. The summed E-state index contributed by atoms with van der Waals surface area (Å²) in [5, 5.41) is 8.47. The molecular weight excluding hydrogens is 276 g/mol. The Kier molecular flexibility index (Phi) is 5.54. The van der Waals surface area contributed by atoms with E-state index in [4.69, 9.17) is 9.84 Å². The van der Waals surface area contributed by atoms with Crippen molar-refractivity contribution in [3.63, 3.8) is 0 Å². The number of carbonyl (C=O) groups is 4. The Morgan fingerprint density at radius 3 is 2.29 bits per heavy atom. The lowest BCUT2D eigenvalue weighted by Gasteiger charge is -2.29. The van der Waals surface area contributed by atoms with Gasteiger partial charge in [-0.15, -0.1) is 0 Å². The third kappa shape index (κ3) is 4.10. The van der Waals surface area contributed by atoms with Crippen molar-refractivity contribution in [1.29, 1.82) is 0 Å². The molecule has 0 aliphatic heterocycles. The molecule has 0 amide bonds. The van der Waals surface area contributed by atoms with E-state index in [1.165, 1.54) is 6.92 Å². The van der Waals surface area contributed by atoms with Gasteiger partial charge in [0.25, 0.3) is 0 Å². The van der Waals surface area contributed by atoms with E-state index in [1.807, 2.05) is 0 Å². The van der Waals surface area contributed by atoms with Gasteiger partial charge in [-0.05, 0) is 6.92 Å². The molecule has 6 nitrogen and oxygen atoms in total. The van der Waals surface area contributed by atoms with Crippen LogP contribution in [0.5, 0.6) is 0 Å². The molecule has 0 spiro atoms. The largest absolute Gasteiger partial charge is 0.478 e. The van der Waals surface area contributed by atoms with Crippen molar-refractivity contribution >= 4 is 24.0 Å². The van der Waals surface area contributed by atoms with Crippen LogP contribution in [-0.2, 0) is 29.5 Å². The van der Waals surface area contributed by atoms with Crippen LogP contribution in [0, 0.1) is 0 Å². The van der Waals surface area contributed by atoms with Crippen LogP contribution in [0.4, 0.5) is 0 Å². The van der Waals surface area contributed by atoms with Gasteiger partial charge in [0.05, 0.1) is 6.42 Å². The summed E-state index contributed by atoms with van der Waals surface area (Å²) >= 11 is 0. The van der Waals surface area contributed by atoms with Gasteiger partial charge in [-0.2, -0.15) is 0 Å². The fraction of sp³-hybridized carbons (Fsp3) is 0.200. The van der Waals surface area contributed by atoms with Crippen LogP contribution >= 0.6 is 0 Å². The fourth-order valence-corrected chi connectivity index (χ4v) is 1.81. The van der Waals surface area contributed by atoms with Crippen molar-refractivity contribution in [2.45, 2.75) is 18.9 Å². The number of aldehydes is 1. The van der Waals surface area contributed by atoms with Gasteiger partial charge in [0.1, 0.15) is 6.29 Å². The molecule has 0 saturated carbocycles. The van der Waals surface area contributed by atoms with Gasteiger partial charge in [0.2, 0.25) is 5.60 Å². The number of hydrogen-bond donors (Lipinski definition) is 1. The van der Waals surface area contributed by atoms with Crippen molar-refractivity contribution in [3.8, 4) is 0 Å². The quantitative estimate of drug-likeness (QED) is 0.461. The third-order valence-electron chi connectivity index (χ3n) is 2.82. The van der Waals surface area contributed by atoms with Crippen LogP contribution < -0.4 is 0 Å². The predicted octanol–water partition coefficient (Wildman–Crippen LogP) is 1.24. The highest BCUT2D eigenvalue weighted by Crippen LogP contribution is 2.30. The van der Waals surface area contributed by atoms with Crippen LogP contribution in [0.2, 0.25) is 0 Å². The zero-order valence-corrected chi connectivity index (χ0v) is 11.3. The van der Waals surface area contributed by atoms with Crippen molar-refractivity contribution in [2.75, 3.05) is 0 Å². The van der Waals surface area contributed by atoms with Gasteiger partial charge in [-0.25, -0.2) is 9.59 Å². The summed E-state index contributed by atoms with van der Waals surface area (Å²) in [7, 11) is 0.